The van der Waals surface area contributed by atoms with Crippen molar-refractivity contribution in [3.8, 4) is 0 Å². The fourth-order valence-electron chi connectivity index (χ4n) is 1.76. The third-order valence-corrected chi connectivity index (χ3v) is 3.90. The van der Waals surface area contributed by atoms with E-state index in [1.54, 1.807) is 14.1 Å². The van der Waals surface area contributed by atoms with Gasteiger partial charge >= 0.3 is 6.03 Å². The van der Waals surface area contributed by atoms with Crippen molar-refractivity contribution in [1.82, 2.24) is 10.3 Å². The number of aryl methyl sites for hydroxylation is 2. The van der Waals surface area contributed by atoms with Gasteiger partial charge in [0.1, 0.15) is 0 Å². The molecule has 1 aromatic carbocycles. The number of fused-ring (bicyclic) bond motifs is 1. The molecule has 17 heavy (non-hydrogen) atoms. The van der Waals surface area contributed by atoms with Crippen LogP contribution in [0.5, 0.6) is 0 Å². The molecule has 0 fully saturated rings. The second-order valence-electron chi connectivity index (χ2n) is 4.04. The van der Waals surface area contributed by atoms with Crippen LogP contribution in [-0.2, 0) is 0 Å². The third kappa shape index (κ3) is 2.10. The monoisotopic (exact) mass is 249 g/mol. The zero-order valence-electron chi connectivity index (χ0n) is 10.4. The zero-order chi connectivity index (χ0) is 12.6. The van der Waals surface area contributed by atoms with Crippen molar-refractivity contribution >= 4 is 32.7 Å². The molecule has 0 spiro atoms. The number of nitrogens with zero attached hydrogens (tertiary/aromatic N) is 2. The van der Waals surface area contributed by atoms with Gasteiger partial charge in [-0.25, -0.2) is 9.78 Å². The highest BCUT2D eigenvalue weighted by molar-refractivity contribution is 7.22. The van der Waals surface area contributed by atoms with Crippen LogP contribution in [0.2, 0.25) is 0 Å². The molecule has 0 aliphatic heterocycles. The first kappa shape index (κ1) is 11.9. The smallest absolute Gasteiger partial charge is 0.323 e. The van der Waals surface area contributed by atoms with E-state index in [9.17, 15) is 4.79 Å². The molecule has 0 atom stereocenters. The Morgan fingerprint density at radius 3 is 2.76 bits per heavy atom. The highest BCUT2D eigenvalue weighted by Crippen LogP contribution is 2.31. The van der Waals surface area contributed by atoms with Crippen molar-refractivity contribution in [1.29, 1.82) is 0 Å². The minimum Gasteiger partial charge on any atom is -0.341 e. The minimum absolute atomic E-state index is 0.154. The van der Waals surface area contributed by atoms with Gasteiger partial charge in [0.25, 0.3) is 0 Å². The number of nitrogens with one attached hydrogen (secondary N) is 1. The van der Waals surface area contributed by atoms with E-state index < -0.39 is 0 Å². The lowest BCUT2D eigenvalue weighted by molar-refractivity contribution is 0.249. The molecular weight excluding hydrogens is 234 g/mol. The van der Waals surface area contributed by atoms with E-state index in [2.05, 4.69) is 23.3 Å². The number of hydrogen-bond acceptors (Lipinski definition) is 3. The Morgan fingerprint density at radius 1 is 1.41 bits per heavy atom. The van der Waals surface area contributed by atoms with Gasteiger partial charge in [-0.2, -0.15) is 0 Å². The largest absolute Gasteiger partial charge is 0.341 e. The normalized spacial score (nSPS) is 10.6. The number of amides is 2. The summed E-state index contributed by atoms with van der Waals surface area (Å²) in [4.78, 5) is 17.5. The molecule has 90 valence electrons. The van der Waals surface area contributed by atoms with Gasteiger partial charge in [-0.3, -0.25) is 4.90 Å². The Balaban J connectivity index is 2.51. The van der Waals surface area contributed by atoms with E-state index in [1.165, 1.54) is 27.4 Å². The van der Waals surface area contributed by atoms with Crippen LogP contribution < -0.4 is 10.2 Å². The van der Waals surface area contributed by atoms with Crippen LogP contribution in [-0.4, -0.2) is 25.1 Å². The highest BCUT2D eigenvalue weighted by atomic mass is 32.1. The van der Waals surface area contributed by atoms with Crippen molar-refractivity contribution in [2.45, 2.75) is 13.8 Å². The molecule has 0 saturated carbocycles. The molecule has 0 radical (unpaired) electrons. The molecular formula is C12H15N3OS. The molecule has 0 aliphatic carbocycles. The number of aromatic nitrogens is 1. The molecule has 2 aromatic rings. The Morgan fingerprint density at radius 2 is 2.12 bits per heavy atom. The maximum Gasteiger partial charge on any atom is 0.323 e. The van der Waals surface area contributed by atoms with Gasteiger partial charge in [0.05, 0.1) is 10.2 Å². The van der Waals surface area contributed by atoms with Crippen LogP contribution in [0, 0.1) is 13.8 Å². The average Bonchev–Trinajstić information content (AvgIpc) is 2.70. The summed E-state index contributed by atoms with van der Waals surface area (Å²) in [6, 6.07) is 4.02. The number of carbonyl (C=O) groups excluding carboxylic acids is 1. The lowest BCUT2D eigenvalue weighted by Gasteiger charge is -2.11. The maximum atomic E-state index is 11.5. The summed E-state index contributed by atoms with van der Waals surface area (Å²) in [7, 11) is 3.33. The van der Waals surface area contributed by atoms with Gasteiger partial charge in [-0.15, -0.1) is 0 Å². The lowest BCUT2D eigenvalue weighted by Crippen LogP contribution is -2.34. The van der Waals surface area contributed by atoms with Gasteiger partial charge in [0.15, 0.2) is 5.13 Å². The van der Waals surface area contributed by atoms with Crippen molar-refractivity contribution in [3.05, 3.63) is 23.3 Å². The molecule has 1 heterocycles. The first-order valence-corrected chi connectivity index (χ1v) is 6.18. The number of benzene rings is 1. The molecule has 5 heteroatoms. The Labute approximate surface area is 104 Å². The Kier molecular flexibility index (Phi) is 3.02. The number of thiazole rings is 1. The van der Waals surface area contributed by atoms with Crippen molar-refractivity contribution in [3.63, 3.8) is 0 Å². The summed E-state index contributed by atoms with van der Waals surface area (Å²) in [6.07, 6.45) is 0. The van der Waals surface area contributed by atoms with Gasteiger partial charge in [-0.1, -0.05) is 17.4 Å². The van der Waals surface area contributed by atoms with E-state index in [-0.39, 0.29) is 6.03 Å². The summed E-state index contributed by atoms with van der Waals surface area (Å²) in [5, 5.41) is 3.30. The van der Waals surface area contributed by atoms with Crippen molar-refractivity contribution in [2.75, 3.05) is 19.0 Å². The number of carbonyl (C=O) groups is 1. The van der Waals surface area contributed by atoms with Crippen LogP contribution >= 0.6 is 11.3 Å². The van der Waals surface area contributed by atoms with Gasteiger partial charge in [0.2, 0.25) is 0 Å². The van der Waals surface area contributed by atoms with Crippen LogP contribution in [0.1, 0.15) is 11.1 Å². The van der Waals surface area contributed by atoms with Gasteiger partial charge in [-0.05, 0) is 31.0 Å². The van der Waals surface area contributed by atoms with E-state index in [0.717, 1.165) is 10.2 Å². The fourth-order valence-corrected chi connectivity index (χ4v) is 2.74. The molecule has 0 bridgehead atoms. The van der Waals surface area contributed by atoms with Gasteiger partial charge in [0, 0.05) is 14.1 Å². The number of anilines is 1. The summed E-state index contributed by atoms with van der Waals surface area (Å²) in [5.74, 6) is 0. The first-order valence-electron chi connectivity index (χ1n) is 5.36. The van der Waals surface area contributed by atoms with Crippen molar-refractivity contribution < 1.29 is 4.79 Å². The lowest BCUT2D eigenvalue weighted by atomic mass is 10.1. The second kappa shape index (κ2) is 4.33. The van der Waals surface area contributed by atoms with Crippen LogP contribution in [0.3, 0.4) is 0 Å². The average molecular weight is 249 g/mol. The molecule has 0 saturated heterocycles. The van der Waals surface area contributed by atoms with Crippen LogP contribution in [0.15, 0.2) is 12.1 Å². The Hall–Kier alpha value is -1.62. The fraction of sp³-hybridized carbons (Fsp3) is 0.333. The maximum absolute atomic E-state index is 11.5. The Bertz CT molecular complexity index is 576. The molecule has 1 aromatic heterocycles. The van der Waals surface area contributed by atoms with E-state index in [1.807, 2.05) is 13.0 Å². The van der Waals surface area contributed by atoms with Crippen LogP contribution in [0.4, 0.5) is 9.93 Å². The third-order valence-electron chi connectivity index (χ3n) is 2.61. The summed E-state index contributed by atoms with van der Waals surface area (Å²) < 4.78 is 1.14. The van der Waals surface area contributed by atoms with E-state index >= 15 is 0 Å². The topological polar surface area (TPSA) is 45.2 Å². The first-order chi connectivity index (χ1) is 8.02. The van der Waals surface area contributed by atoms with Crippen LogP contribution in [0.25, 0.3) is 10.2 Å². The molecule has 0 unspecified atom stereocenters. The quantitative estimate of drug-likeness (QED) is 0.844. The SMILES string of the molecule is CNC(=O)N(C)c1nc2cc(C)cc(C)c2s1. The van der Waals surface area contributed by atoms with E-state index in [4.69, 9.17) is 0 Å². The minimum atomic E-state index is -0.154. The van der Waals surface area contributed by atoms with E-state index in [0.29, 0.717) is 5.13 Å². The molecule has 1 N–H and O–H groups in total. The second-order valence-corrected chi connectivity index (χ2v) is 5.02. The number of hydrogen-bond donors (Lipinski definition) is 1. The molecule has 0 aliphatic rings. The zero-order valence-corrected chi connectivity index (χ0v) is 11.2. The summed E-state index contributed by atoms with van der Waals surface area (Å²) in [6.45, 7) is 4.12. The number of rotatable bonds is 1. The predicted molar refractivity (Wildman–Crippen MR) is 72.0 cm³/mol. The highest BCUT2D eigenvalue weighted by Gasteiger charge is 2.14. The molecule has 2 amide bonds. The standard InChI is InChI=1S/C12H15N3OS/c1-7-5-8(2)10-9(6-7)14-12(17-10)15(4)11(16)13-3/h5-6H,1-4H3,(H,13,16). The predicted octanol–water partition coefficient (Wildman–Crippen LogP) is 2.69. The summed E-state index contributed by atoms with van der Waals surface area (Å²) in [5.41, 5.74) is 3.35. The van der Waals surface area contributed by atoms with Crippen molar-refractivity contribution in [2.24, 2.45) is 0 Å². The number of urea groups is 1. The summed E-state index contributed by atoms with van der Waals surface area (Å²) >= 11 is 1.54. The molecule has 4 nitrogen and oxygen atoms in total. The van der Waals surface area contributed by atoms with Gasteiger partial charge < -0.3 is 5.32 Å². The molecule has 2 rings (SSSR count).